The van der Waals surface area contributed by atoms with Crippen molar-refractivity contribution in [1.82, 2.24) is 0 Å². The van der Waals surface area contributed by atoms with Gasteiger partial charge >= 0.3 is 12.1 Å². The standard InChI is InChI=1S/C25H28N2O5/c1-27(2)20-13-18(14-21(27)23-22(20)32-23)31-24(28)19(16-9-5-3-6-10-16)15-30-25(29)26-17-11-7-4-8-12-17/h3-12,18-23H,13-15H2,1-2H3/p+1/t19-,20+,21+,22+,23+/m0/s1. The lowest BCUT2D eigenvalue weighted by Gasteiger charge is -2.45. The Hall–Kier alpha value is -2.90. The van der Waals surface area contributed by atoms with Crippen molar-refractivity contribution in [3.05, 3.63) is 66.2 Å². The monoisotopic (exact) mass is 437 g/mol. The number of hydrogen-bond donors (Lipinski definition) is 1. The smallest absolute Gasteiger partial charge is 0.411 e. The average molecular weight is 438 g/mol. The summed E-state index contributed by atoms with van der Waals surface area (Å²) in [7, 11) is 4.49. The summed E-state index contributed by atoms with van der Waals surface area (Å²) in [6.45, 7) is -0.0863. The number of esters is 1. The average Bonchev–Trinajstić information content (AvgIpc) is 3.54. The van der Waals surface area contributed by atoms with E-state index in [1.165, 1.54) is 0 Å². The minimum absolute atomic E-state index is 0.0863. The molecule has 2 bridgehead atoms. The number of carbonyl (C=O) groups excluding carboxylic acids is 2. The van der Waals surface area contributed by atoms with E-state index >= 15 is 0 Å². The molecule has 1 N–H and O–H groups in total. The summed E-state index contributed by atoms with van der Waals surface area (Å²) >= 11 is 0. The van der Waals surface area contributed by atoms with Crippen LogP contribution in [-0.2, 0) is 19.0 Å². The Morgan fingerprint density at radius 1 is 1.00 bits per heavy atom. The number of anilines is 1. The van der Waals surface area contributed by atoms with Crippen LogP contribution in [0.15, 0.2) is 60.7 Å². The van der Waals surface area contributed by atoms with Crippen LogP contribution >= 0.6 is 0 Å². The number of benzene rings is 2. The molecule has 5 atom stereocenters. The first-order valence-electron chi connectivity index (χ1n) is 11.2. The quantitative estimate of drug-likeness (QED) is 0.426. The van der Waals surface area contributed by atoms with Crippen molar-refractivity contribution in [2.45, 2.75) is 49.2 Å². The molecule has 0 spiro atoms. The van der Waals surface area contributed by atoms with Crippen molar-refractivity contribution >= 4 is 17.7 Å². The number of fused-ring (bicyclic) bond motifs is 5. The fourth-order valence-corrected chi connectivity index (χ4v) is 5.37. The maximum atomic E-state index is 13.2. The molecule has 168 valence electrons. The lowest BCUT2D eigenvalue weighted by atomic mass is 9.95. The predicted molar refractivity (Wildman–Crippen MR) is 118 cm³/mol. The SMILES string of the molecule is C[N+]1(C)[C@@H]2CC(OC(=O)[C@@H](COC(=O)Nc3ccccc3)c3ccccc3)C[C@@H]1[C@H]1O[C@@H]12. The van der Waals surface area contributed by atoms with Crippen molar-refractivity contribution in [2.24, 2.45) is 0 Å². The molecule has 0 unspecified atom stereocenters. The van der Waals surface area contributed by atoms with Gasteiger partial charge in [-0.3, -0.25) is 10.1 Å². The Kier molecular flexibility index (Phi) is 5.39. The largest absolute Gasteiger partial charge is 0.461 e. The van der Waals surface area contributed by atoms with Gasteiger partial charge in [0, 0.05) is 18.5 Å². The van der Waals surface area contributed by atoms with Crippen molar-refractivity contribution in [3.63, 3.8) is 0 Å². The van der Waals surface area contributed by atoms with Gasteiger partial charge in [-0.2, -0.15) is 0 Å². The van der Waals surface area contributed by atoms with Gasteiger partial charge in [0.25, 0.3) is 0 Å². The summed E-state index contributed by atoms with van der Waals surface area (Å²) in [6, 6.07) is 19.1. The molecule has 2 aromatic carbocycles. The third kappa shape index (κ3) is 3.98. The number of morpholine rings is 1. The van der Waals surface area contributed by atoms with Crippen LogP contribution < -0.4 is 5.32 Å². The van der Waals surface area contributed by atoms with Crippen molar-refractivity contribution in [1.29, 1.82) is 0 Å². The predicted octanol–water partition coefficient (Wildman–Crippen LogP) is 3.32. The summed E-state index contributed by atoms with van der Waals surface area (Å²) in [5.74, 6) is -1.03. The van der Waals surface area contributed by atoms with Crippen LogP contribution in [0.25, 0.3) is 0 Å². The van der Waals surface area contributed by atoms with E-state index in [-0.39, 0.29) is 18.7 Å². The fourth-order valence-electron chi connectivity index (χ4n) is 5.37. The summed E-state index contributed by atoms with van der Waals surface area (Å²) in [6.07, 6.45) is 1.46. The van der Waals surface area contributed by atoms with Crippen molar-refractivity contribution < 1.29 is 28.3 Å². The molecule has 5 rings (SSSR count). The highest BCUT2D eigenvalue weighted by Gasteiger charge is 2.70. The molecule has 0 aliphatic carbocycles. The highest BCUT2D eigenvalue weighted by atomic mass is 16.6. The fraction of sp³-hybridized carbons (Fsp3) is 0.440. The van der Waals surface area contributed by atoms with E-state index < -0.39 is 12.0 Å². The number of rotatable bonds is 6. The van der Waals surface area contributed by atoms with Gasteiger partial charge in [-0.05, 0) is 17.7 Å². The number of hydrogen-bond acceptors (Lipinski definition) is 5. The number of nitrogens with zero attached hydrogens (tertiary/aromatic N) is 1. The Morgan fingerprint density at radius 3 is 2.22 bits per heavy atom. The number of amides is 1. The highest BCUT2D eigenvalue weighted by molar-refractivity contribution is 5.85. The third-order valence-corrected chi connectivity index (χ3v) is 7.21. The number of piperidine rings is 1. The minimum atomic E-state index is -0.675. The van der Waals surface area contributed by atoms with E-state index in [1.807, 2.05) is 48.5 Å². The lowest BCUT2D eigenvalue weighted by Crippen LogP contribution is -2.60. The maximum absolute atomic E-state index is 13.2. The van der Waals surface area contributed by atoms with Gasteiger partial charge in [-0.1, -0.05) is 48.5 Å². The Bertz CT molecular complexity index is 960. The third-order valence-electron chi connectivity index (χ3n) is 7.21. The number of ether oxygens (including phenoxy) is 3. The van der Waals surface area contributed by atoms with Crippen LogP contribution in [0.1, 0.15) is 24.3 Å². The van der Waals surface area contributed by atoms with Crippen LogP contribution in [-0.4, -0.2) is 67.6 Å². The van der Waals surface area contributed by atoms with Gasteiger partial charge in [-0.15, -0.1) is 0 Å². The molecule has 1 amide bonds. The summed E-state index contributed by atoms with van der Waals surface area (Å²) < 4.78 is 18.2. The number of nitrogens with one attached hydrogen (secondary N) is 1. The van der Waals surface area contributed by atoms with E-state index in [4.69, 9.17) is 14.2 Å². The zero-order chi connectivity index (χ0) is 22.3. The first-order chi connectivity index (χ1) is 15.4. The van der Waals surface area contributed by atoms with Gasteiger partial charge in [0.1, 0.15) is 42.9 Å². The van der Waals surface area contributed by atoms with E-state index in [2.05, 4.69) is 19.4 Å². The van der Waals surface area contributed by atoms with Crippen molar-refractivity contribution in [3.8, 4) is 0 Å². The Balaban J connectivity index is 1.23. The van der Waals surface area contributed by atoms with Crippen LogP contribution in [0.2, 0.25) is 0 Å². The summed E-state index contributed by atoms with van der Waals surface area (Å²) in [5.41, 5.74) is 1.40. The molecule has 2 aromatic rings. The molecule has 0 saturated carbocycles. The van der Waals surface area contributed by atoms with Gasteiger partial charge in [-0.25, -0.2) is 4.79 Å². The number of quaternary nitrogens is 1. The van der Waals surface area contributed by atoms with Gasteiger partial charge < -0.3 is 18.7 Å². The van der Waals surface area contributed by atoms with Crippen LogP contribution in [0.4, 0.5) is 10.5 Å². The summed E-state index contributed by atoms with van der Waals surface area (Å²) in [5, 5.41) is 2.68. The molecule has 32 heavy (non-hydrogen) atoms. The molecular formula is C25H29N2O5+. The molecule has 0 radical (unpaired) electrons. The number of carbonyl (C=O) groups is 2. The number of likely N-dealkylation sites (N-methyl/N-ethyl adjacent to an activating group) is 1. The van der Waals surface area contributed by atoms with Crippen LogP contribution in [0, 0.1) is 0 Å². The minimum Gasteiger partial charge on any atom is -0.461 e. The topological polar surface area (TPSA) is 77.2 Å². The lowest BCUT2D eigenvalue weighted by molar-refractivity contribution is -0.938. The summed E-state index contributed by atoms with van der Waals surface area (Å²) in [4.78, 5) is 25.5. The zero-order valence-electron chi connectivity index (χ0n) is 18.3. The Morgan fingerprint density at radius 2 is 1.59 bits per heavy atom. The Labute approximate surface area is 187 Å². The molecule has 3 aliphatic rings. The van der Waals surface area contributed by atoms with E-state index in [0.29, 0.717) is 30.0 Å². The number of epoxide rings is 1. The molecular weight excluding hydrogens is 408 g/mol. The number of para-hydroxylation sites is 1. The zero-order valence-corrected chi connectivity index (χ0v) is 18.3. The van der Waals surface area contributed by atoms with E-state index in [9.17, 15) is 9.59 Å². The van der Waals surface area contributed by atoms with Gasteiger partial charge in [0.2, 0.25) is 0 Å². The maximum Gasteiger partial charge on any atom is 0.411 e. The molecule has 3 fully saturated rings. The second-order valence-electron chi connectivity index (χ2n) is 9.41. The first kappa shape index (κ1) is 21.0. The molecule has 7 nitrogen and oxygen atoms in total. The van der Waals surface area contributed by atoms with E-state index in [1.54, 1.807) is 12.1 Å². The second-order valence-corrected chi connectivity index (χ2v) is 9.41. The first-order valence-corrected chi connectivity index (χ1v) is 11.2. The van der Waals surface area contributed by atoms with E-state index in [0.717, 1.165) is 22.9 Å². The molecule has 7 heteroatoms. The van der Waals surface area contributed by atoms with Gasteiger partial charge in [0.15, 0.2) is 0 Å². The highest BCUT2D eigenvalue weighted by Crippen LogP contribution is 2.51. The molecule has 0 aromatic heterocycles. The normalized spacial score (nSPS) is 30.0. The van der Waals surface area contributed by atoms with Crippen LogP contribution in [0.5, 0.6) is 0 Å². The van der Waals surface area contributed by atoms with Gasteiger partial charge in [0.05, 0.1) is 14.1 Å². The molecule has 3 aliphatic heterocycles. The second kappa shape index (κ2) is 8.22. The molecule has 3 heterocycles. The molecule has 3 saturated heterocycles. The van der Waals surface area contributed by atoms with Crippen LogP contribution in [0.3, 0.4) is 0 Å². The van der Waals surface area contributed by atoms with Crippen molar-refractivity contribution in [2.75, 3.05) is 26.0 Å².